The molecule has 0 spiro atoms. The van der Waals surface area contributed by atoms with Crippen LogP contribution in [0.1, 0.15) is 58.4 Å². The summed E-state index contributed by atoms with van der Waals surface area (Å²) in [7, 11) is 3.29. The molecule has 1 amide bonds. The Morgan fingerprint density at radius 2 is 1.77 bits per heavy atom. The molecule has 1 saturated carbocycles. The minimum absolute atomic E-state index is 0.0783. The number of nitrogens with two attached hydrogens (primary N) is 1. The van der Waals surface area contributed by atoms with E-state index < -0.39 is 6.04 Å². The number of benzene rings is 1. The quantitative estimate of drug-likeness (QED) is 0.813. The van der Waals surface area contributed by atoms with Crippen LogP contribution in [0, 0.1) is 5.41 Å². The van der Waals surface area contributed by atoms with Crippen LogP contribution in [0.25, 0.3) is 0 Å². The Kier molecular flexibility index (Phi) is 6.56. The van der Waals surface area contributed by atoms with Gasteiger partial charge >= 0.3 is 0 Å². The van der Waals surface area contributed by atoms with Gasteiger partial charge < -0.3 is 20.5 Å². The maximum absolute atomic E-state index is 12.5. The van der Waals surface area contributed by atoms with Crippen LogP contribution in [0.3, 0.4) is 0 Å². The van der Waals surface area contributed by atoms with Crippen LogP contribution in [-0.2, 0) is 10.2 Å². The molecule has 0 aliphatic heterocycles. The molecule has 1 aliphatic carbocycles. The lowest BCUT2D eigenvalue weighted by molar-refractivity contribution is -0.124. The average Bonchev–Trinajstić information content (AvgIpc) is 2.64. The standard InChI is InChI=1S/C21H34N2O3/c1-20(2,3)18(22)19(24)23-14-21(11-7-6-8-12-21)15-9-10-16(25-4)17(13-15)26-5/h9-10,13,18H,6-8,11-12,14,22H2,1-5H3,(H,23,24)/t18-/m1/s1. The number of nitrogens with one attached hydrogen (secondary N) is 1. The van der Waals surface area contributed by atoms with Gasteiger partial charge in [0.2, 0.25) is 5.91 Å². The van der Waals surface area contributed by atoms with Gasteiger partial charge in [-0.15, -0.1) is 0 Å². The molecule has 1 atom stereocenters. The van der Waals surface area contributed by atoms with Gasteiger partial charge in [-0.25, -0.2) is 0 Å². The summed E-state index contributed by atoms with van der Waals surface area (Å²) in [5, 5.41) is 3.13. The van der Waals surface area contributed by atoms with Gasteiger partial charge in [-0.05, 0) is 36.0 Å². The maximum atomic E-state index is 12.5. The second kappa shape index (κ2) is 8.30. The van der Waals surface area contributed by atoms with E-state index in [1.54, 1.807) is 14.2 Å². The summed E-state index contributed by atoms with van der Waals surface area (Å²) in [6, 6.07) is 5.59. The molecule has 0 aromatic heterocycles. The molecule has 3 N–H and O–H groups in total. The highest BCUT2D eigenvalue weighted by atomic mass is 16.5. The lowest BCUT2D eigenvalue weighted by atomic mass is 9.69. The zero-order valence-electron chi connectivity index (χ0n) is 16.9. The fraction of sp³-hybridized carbons (Fsp3) is 0.667. The fourth-order valence-corrected chi connectivity index (χ4v) is 3.72. The Balaban J connectivity index is 2.25. The van der Waals surface area contributed by atoms with Crippen molar-refractivity contribution in [3.8, 4) is 11.5 Å². The maximum Gasteiger partial charge on any atom is 0.237 e. The van der Waals surface area contributed by atoms with Gasteiger partial charge in [-0.3, -0.25) is 4.79 Å². The van der Waals surface area contributed by atoms with Crippen LogP contribution in [0.5, 0.6) is 11.5 Å². The molecular weight excluding hydrogens is 328 g/mol. The Hall–Kier alpha value is -1.75. The van der Waals surface area contributed by atoms with Crippen molar-refractivity contribution in [2.45, 2.75) is 64.3 Å². The lowest BCUT2D eigenvalue weighted by Gasteiger charge is -2.39. The van der Waals surface area contributed by atoms with Crippen molar-refractivity contribution in [3.05, 3.63) is 23.8 Å². The molecule has 0 bridgehead atoms. The number of ether oxygens (including phenoxy) is 2. The predicted molar refractivity (Wildman–Crippen MR) is 105 cm³/mol. The first-order valence-corrected chi connectivity index (χ1v) is 9.49. The molecule has 146 valence electrons. The normalized spacial score (nSPS) is 18.1. The highest BCUT2D eigenvalue weighted by Crippen LogP contribution is 2.42. The second-order valence-corrected chi connectivity index (χ2v) is 8.47. The molecular formula is C21H34N2O3. The number of carbonyl (C=O) groups excluding carboxylic acids is 1. The van der Waals surface area contributed by atoms with Gasteiger partial charge in [0.15, 0.2) is 11.5 Å². The summed E-state index contributed by atoms with van der Waals surface area (Å²) in [4.78, 5) is 12.5. The zero-order chi connectivity index (χ0) is 19.4. The minimum atomic E-state index is -0.520. The largest absolute Gasteiger partial charge is 0.493 e. The first-order valence-electron chi connectivity index (χ1n) is 9.49. The average molecular weight is 363 g/mol. The Bertz CT molecular complexity index is 616. The molecule has 1 aromatic carbocycles. The van der Waals surface area contributed by atoms with Gasteiger partial charge in [0.25, 0.3) is 0 Å². The van der Waals surface area contributed by atoms with E-state index in [1.807, 2.05) is 26.8 Å². The van der Waals surface area contributed by atoms with E-state index in [4.69, 9.17) is 15.2 Å². The number of rotatable bonds is 6. The summed E-state index contributed by atoms with van der Waals surface area (Å²) in [5.74, 6) is 1.37. The van der Waals surface area contributed by atoms with Crippen molar-refractivity contribution in [2.75, 3.05) is 20.8 Å². The van der Waals surface area contributed by atoms with Crippen LogP contribution in [-0.4, -0.2) is 32.7 Å². The molecule has 1 aromatic rings. The smallest absolute Gasteiger partial charge is 0.237 e. The van der Waals surface area contributed by atoms with Gasteiger partial charge in [0, 0.05) is 12.0 Å². The van der Waals surface area contributed by atoms with Crippen LogP contribution >= 0.6 is 0 Å². The first kappa shape index (κ1) is 20.6. The molecule has 0 radical (unpaired) electrons. The first-order chi connectivity index (χ1) is 12.2. The number of amides is 1. The summed E-state index contributed by atoms with van der Waals surface area (Å²) in [6.07, 6.45) is 5.66. The van der Waals surface area contributed by atoms with Crippen molar-refractivity contribution in [2.24, 2.45) is 11.1 Å². The van der Waals surface area contributed by atoms with Gasteiger partial charge in [0.1, 0.15) is 0 Å². The molecule has 0 unspecified atom stereocenters. The predicted octanol–water partition coefficient (Wildman–Crippen LogP) is 3.40. The highest BCUT2D eigenvalue weighted by Gasteiger charge is 2.36. The third kappa shape index (κ3) is 4.50. The minimum Gasteiger partial charge on any atom is -0.493 e. The van der Waals surface area contributed by atoms with E-state index in [1.165, 1.54) is 12.0 Å². The number of methoxy groups -OCH3 is 2. The molecule has 1 aliphatic rings. The third-order valence-electron chi connectivity index (χ3n) is 5.62. The van der Waals surface area contributed by atoms with Crippen molar-refractivity contribution in [3.63, 3.8) is 0 Å². The SMILES string of the molecule is COc1ccc(C2(CNC(=O)[C@@H](N)C(C)(C)C)CCCCC2)cc1OC. The second-order valence-electron chi connectivity index (χ2n) is 8.47. The van der Waals surface area contributed by atoms with Crippen LogP contribution in [0.15, 0.2) is 18.2 Å². The van der Waals surface area contributed by atoms with Gasteiger partial charge in [0.05, 0.1) is 20.3 Å². The van der Waals surface area contributed by atoms with E-state index in [2.05, 4.69) is 17.4 Å². The number of hydrogen-bond donors (Lipinski definition) is 2. The van der Waals surface area contributed by atoms with Gasteiger partial charge in [-0.1, -0.05) is 46.1 Å². The molecule has 26 heavy (non-hydrogen) atoms. The van der Waals surface area contributed by atoms with Crippen molar-refractivity contribution in [1.82, 2.24) is 5.32 Å². The monoisotopic (exact) mass is 362 g/mol. The summed E-state index contributed by atoms with van der Waals surface area (Å²) in [6.45, 7) is 6.57. The molecule has 5 heteroatoms. The topological polar surface area (TPSA) is 73.6 Å². The summed E-state index contributed by atoms with van der Waals surface area (Å²) < 4.78 is 10.9. The van der Waals surface area contributed by atoms with E-state index >= 15 is 0 Å². The molecule has 2 rings (SSSR count). The van der Waals surface area contributed by atoms with Crippen LogP contribution in [0.2, 0.25) is 0 Å². The Morgan fingerprint density at radius 3 is 2.31 bits per heavy atom. The molecule has 5 nitrogen and oxygen atoms in total. The van der Waals surface area contributed by atoms with E-state index in [0.29, 0.717) is 6.54 Å². The van der Waals surface area contributed by atoms with Crippen molar-refractivity contribution < 1.29 is 14.3 Å². The zero-order valence-corrected chi connectivity index (χ0v) is 16.9. The molecule has 0 heterocycles. The third-order valence-corrected chi connectivity index (χ3v) is 5.62. The Morgan fingerprint density at radius 1 is 1.15 bits per heavy atom. The molecule has 1 fully saturated rings. The lowest BCUT2D eigenvalue weighted by Crippen LogP contribution is -2.52. The van der Waals surface area contributed by atoms with Gasteiger partial charge in [-0.2, -0.15) is 0 Å². The van der Waals surface area contributed by atoms with Crippen LogP contribution in [0.4, 0.5) is 0 Å². The van der Waals surface area contributed by atoms with Crippen molar-refractivity contribution >= 4 is 5.91 Å². The highest BCUT2D eigenvalue weighted by molar-refractivity contribution is 5.82. The van der Waals surface area contributed by atoms with E-state index in [0.717, 1.165) is 37.2 Å². The summed E-state index contributed by atoms with van der Waals surface area (Å²) in [5.41, 5.74) is 6.99. The number of hydrogen-bond acceptors (Lipinski definition) is 4. The Labute approximate surface area is 157 Å². The van der Waals surface area contributed by atoms with E-state index in [-0.39, 0.29) is 16.7 Å². The molecule has 0 saturated heterocycles. The summed E-state index contributed by atoms with van der Waals surface area (Å²) >= 11 is 0. The van der Waals surface area contributed by atoms with E-state index in [9.17, 15) is 4.79 Å². The number of carbonyl (C=O) groups is 1. The van der Waals surface area contributed by atoms with Crippen LogP contribution < -0.4 is 20.5 Å². The fourth-order valence-electron chi connectivity index (χ4n) is 3.72. The van der Waals surface area contributed by atoms with Crippen molar-refractivity contribution in [1.29, 1.82) is 0 Å².